The minimum absolute atomic E-state index is 0.0756. The Balaban J connectivity index is 2.28. The monoisotopic (exact) mass is 245 g/mol. The van der Waals surface area contributed by atoms with Crippen molar-refractivity contribution in [3.05, 3.63) is 25.3 Å². The van der Waals surface area contributed by atoms with Crippen molar-refractivity contribution in [3.8, 4) is 0 Å². The van der Waals surface area contributed by atoms with Crippen LogP contribution in [0.2, 0.25) is 0 Å². The van der Waals surface area contributed by atoms with Crippen LogP contribution in [-0.4, -0.2) is 25.8 Å². The third kappa shape index (κ3) is 4.16. The summed E-state index contributed by atoms with van der Waals surface area (Å²) in [5.41, 5.74) is 0. The molecule has 0 unspecified atom stereocenters. The maximum atomic E-state index is 11.0. The van der Waals surface area contributed by atoms with Gasteiger partial charge in [0.2, 0.25) is 6.33 Å². The molecule has 1 heterocycles. The van der Waals surface area contributed by atoms with Crippen LogP contribution in [0.5, 0.6) is 0 Å². The van der Waals surface area contributed by atoms with Gasteiger partial charge in [0.25, 0.3) is 10.1 Å². The minimum Gasteiger partial charge on any atom is -0.273 e. The van der Waals surface area contributed by atoms with Gasteiger partial charge < -0.3 is 0 Å². The Hall–Kier alpha value is -1.14. The number of unbranched alkanes of at least 4 members (excludes halogenated alkanes) is 1. The lowest BCUT2D eigenvalue weighted by Gasteiger charge is -1.99. The van der Waals surface area contributed by atoms with Crippen molar-refractivity contribution >= 4 is 16.3 Å². The topological polar surface area (TPSA) is 52.2 Å². The molecule has 1 aromatic heterocycles. The summed E-state index contributed by atoms with van der Waals surface area (Å²) in [7, 11) is -2.12. The lowest BCUT2D eigenvalue weighted by atomic mass is 10.3. The summed E-state index contributed by atoms with van der Waals surface area (Å²) in [6, 6.07) is 0. The molecule has 0 radical (unpaired) electrons. The maximum Gasteiger partial charge on any atom is 0.267 e. The second-order valence-corrected chi connectivity index (χ2v) is 5.27. The van der Waals surface area contributed by atoms with Gasteiger partial charge in [-0.05, 0) is 12.8 Å². The zero-order valence-electron chi connectivity index (χ0n) is 9.37. The molecule has 16 heavy (non-hydrogen) atoms. The largest absolute Gasteiger partial charge is 0.273 e. The van der Waals surface area contributed by atoms with E-state index in [0.29, 0.717) is 6.42 Å². The second-order valence-electron chi connectivity index (χ2n) is 3.42. The molecule has 5 nitrogen and oxygen atoms in total. The van der Waals surface area contributed by atoms with Crippen molar-refractivity contribution in [3.63, 3.8) is 0 Å². The van der Waals surface area contributed by atoms with E-state index >= 15 is 0 Å². The summed E-state index contributed by atoms with van der Waals surface area (Å²) in [6.45, 7) is 4.43. The van der Waals surface area contributed by atoms with E-state index in [0.717, 1.165) is 13.0 Å². The highest BCUT2D eigenvalue weighted by Crippen LogP contribution is 1.97. The van der Waals surface area contributed by atoms with Crippen molar-refractivity contribution < 1.29 is 17.2 Å². The van der Waals surface area contributed by atoms with Gasteiger partial charge in [-0.3, -0.25) is 4.18 Å². The van der Waals surface area contributed by atoms with E-state index < -0.39 is 10.1 Å². The average Bonchev–Trinajstić information content (AvgIpc) is 2.72. The zero-order valence-corrected chi connectivity index (χ0v) is 10.2. The van der Waals surface area contributed by atoms with Gasteiger partial charge >= 0.3 is 0 Å². The van der Waals surface area contributed by atoms with Gasteiger partial charge in [-0.1, -0.05) is 6.58 Å². The summed E-state index contributed by atoms with van der Waals surface area (Å²) in [5, 5.41) is 0. The smallest absolute Gasteiger partial charge is 0.267 e. The number of imidazole rings is 1. The molecule has 0 aromatic carbocycles. The molecule has 0 atom stereocenters. The fraction of sp³-hybridized carbons (Fsp3) is 0.500. The molecule has 0 aliphatic carbocycles. The van der Waals surface area contributed by atoms with Crippen LogP contribution in [-0.2, 0) is 20.8 Å². The summed E-state index contributed by atoms with van der Waals surface area (Å²) in [6.07, 6.45) is 8.81. The lowest BCUT2D eigenvalue weighted by molar-refractivity contribution is -0.696. The first-order valence-corrected chi connectivity index (χ1v) is 6.62. The highest BCUT2D eigenvalue weighted by molar-refractivity contribution is 7.86. The molecule has 0 saturated heterocycles. The fourth-order valence-corrected chi connectivity index (χ4v) is 2.03. The number of hydrogen-bond acceptors (Lipinski definition) is 3. The number of nitrogens with zero attached hydrogens (tertiary/aromatic N) is 2. The van der Waals surface area contributed by atoms with Gasteiger partial charge in [-0.2, -0.15) is 8.42 Å². The zero-order chi connectivity index (χ0) is 12.0. The van der Waals surface area contributed by atoms with Gasteiger partial charge in [-0.15, -0.1) is 0 Å². The van der Waals surface area contributed by atoms with Crippen LogP contribution in [0.1, 0.15) is 12.8 Å². The first-order chi connectivity index (χ1) is 7.57. The Morgan fingerprint density at radius 1 is 1.50 bits per heavy atom. The van der Waals surface area contributed by atoms with Crippen molar-refractivity contribution in [1.29, 1.82) is 0 Å². The third-order valence-electron chi connectivity index (χ3n) is 2.24. The van der Waals surface area contributed by atoms with Crippen LogP contribution in [0.25, 0.3) is 6.20 Å². The van der Waals surface area contributed by atoms with Crippen molar-refractivity contribution in [1.82, 2.24) is 4.57 Å². The molecular formula is C10H17N2O3S+. The van der Waals surface area contributed by atoms with E-state index in [-0.39, 0.29) is 5.75 Å². The molecule has 1 rings (SSSR count). The highest BCUT2D eigenvalue weighted by Gasteiger charge is 2.08. The molecule has 0 N–H and O–H groups in total. The molecule has 6 heteroatoms. The van der Waals surface area contributed by atoms with Crippen LogP contribution < -0.4 is 4.57 Å². The van der Waals surface area contributed by atoms with Crippen LogP contribution in [0.3, 0.4) is 0 Å². The average molecular weight is 245 g/mol. The molecule has 0 aliphatic rings. The summed E-state index contributed by atoms with van der Waals surface area (Å²) in [4.78, 5) is 0. The Morgan fingerprint density at radius 2 is 2.25 bits per heavy atom. The first-order valence-electron chi connectivity index (χ1n) is 5.05. The number of rotatable bonds is 7. The second kappa shape index (κ2) is 5.81. The predicted molar refractivity (Wildman–Crippen MR) is 61.0 cm³/mol. The van der Waals surface area contributed by atoms with Crippen LogP contribution >= 0.6 is 0 Å². The van der Waals surface area contributed by atoms with Crippen LogP contribution in [0.4, 0.5) is 0 Å². The maximum absolute atomic E-state index is 11.0. The Kier molecular flexibility index (Phi) is 4.70. The quantitative estimate of drug-likeness (QED) is 0.402. The van der Waals surface area contributed by atoms with E-state index in [2.05, 4.69) is 10.8 Å². The molecule has 0 bridgehead atoms. The molecule has 0 spiro atoms. The van der Waals surface area contributed by atoms with Gasteiger partial charge in [-0.25, -0.2) is 9.13 Å². The van der Waals surface area contributed by atoms with Gasteiger partial charge in [0, 0.05) is 0 Å². The Bertz CT molecular complexity index is 437. The SMILES string of the molecule is C=Cn1cc[n+](CCCCS(=O)(=O)OC)c1. The van der Waals surface area contributed by atoms with Gasteiger partial charge in [0.15, 0.2) is 0 Å². The summed E-state index contributed by atoms with van der Waals surface area (Å²) < 4.78 is 30.2. The number of aryl methyl sites for hydroxylation is 1. The number of aromatic nitrogens is 2. The van der Waals surface area contributed by atoms with E-state index in [4.69, 9.17) is 0 Å². The van der Waals surface area contributed by atoms with E-state index in [1.54, 1.807) is 6.20 Å². The molecule has 0 amide bonds. The van der Waals surface area contributed by atoms with Gasteiger partial charge in [0.1, 0.15) is 12.4 Å². The normalized spacial score (nSPS) is 11.6. The third-order valence-corrected chi connectivity index (χ3v) is 3.53. The lowest BCUT2D eigenvalue weighted by Crippen LogP contribution is -2.31. The van der Waals surface area contributed by atoms with Crippen molar-refractivity contribution in [2.75, 3.05) is 12.9 Å². The predicted octanol–water partition coefficient (Wildman–Crippen LogP) is 0.632. The summed E-state index contributed by atoms with van der Waals surface area (Å²) in [5.74, 6) is 0.0756. The fourth-order valence-electron chi connectivity index (χ4n) is 1.31. The molecule has 0 saturated carbocycles. The first kappa shape index (κ1) is 12.9. The van der Waals surface area contributed by atoms with Gasteiger partial charge in [0.05, 0.1) is 25.6 Å². The Labute approximate surface area is 96.1 Å². The van der Waals surface area contributed by atoms with Crippen molar-refractivity contribution in [2.45, 2.75) is 19.4 Å². The molecular weight excluding hydrogens is 228 g/mol. The van der Waals surface area contributed by atoms with Crippen LogP contribution in [0.15, 0.2) is 25.3 Å². The Morgan fingerprint density at radius 3 is 2.81 bits per heavy atom. The summed E-state index contributed by atoms with van der Waals surface area (Å²) >= 11 is 0. The van der Waals surface area contributed by atoms with Crippen LogP contribution in [0, 0.1) is 0 Å². The van der Waals surface area contributed by atoms with E-state index in [9.17, 15) is 8.42 Å². The minimum atomic E-state index is -3.30. The van der Waals surface area contributed by atoms with E-state index in [1.165, 1.54) is 7.11 Å². The number of hydrogen-bond donors (Lipinski definition) is 0. The molecule has 0 fully saturated rings. The van der Waals surface area contributed by atoms with E-state index in [1.807, 2.05) is 27.9 Å². The molecule has 90 valence electrons. The molecule has 1 aromatic rings. The standard InChI is InChI=1S/C10H17N2O3S/c1-3-11-7-8-12(10-11)6-4-5-9-16(13,14)15-2/h3,7-8,10H,1,4-6,9H2,2H3/q+1. The molecule has 0 aliphatic heterocycles. The highest BCUT2D eigenvalue weighted by atomic mass is 32.2. The van der Waals surface area contributed by atoms with Crippen molar-refractivity contribution in [2.24, 2.45) is 0 Å².